The van der Waals surface area contributed by atoms with Gasteiger partial charge in [-0.2, -0.15) is 0 Å². The third-order valence-electron chi connectivity index (χ3n) is 4.55. The van der Waals surface area contributed by atoms with Gasteiger partial charge in [-0.05, 0) is 31.2 Å². The molecular weight excluding hydrogens is 346 g/mol. The molecular formula is C25H17NO2. The largest absolute Gasteiger partial charge is 0.351 e. The zero-order valence-corrected chi connectivity index (χ0v) is 15.3. The fourth-order valence-corrected chi connectivity index (χ4v) is 3.03. The maximum Gasteiger partial charge on any atom is 0.210 e. The molecule has 0 radical (unpaired) electrons. The van der Waals surface area contributed by atoms with E-state index in [9.17, 15) is 9.59 Å². The van der Waals surface area contributed by atoms with Crippen molar-refractivity contribution in [2.45, 2.75) is 6.92 Å². The zero-order valence-electron chi connectivity index (χ0n) is 15.3. The van der Waals surface area contributed by atoms with Crippen LogP contribution in [0.4, 0.5) is 5.69 Å². The number of allylic oxidation sites excluding steroid dienone is 2. The van der Waals surface area contributed by atoms with Crippen LogP contribution in [-0.2, 0) is 0 Å². The van der Waals surface area contributed by atoms with Gasteiger partial charge in [0, 0.05) is 28.3 Å². The van der Waals surface area contributed by atoms with Gasteiger partial charge in [0.05, 0.1) is 11.4 Å². The van der Waals surface area contributed by atoms with Crippen molar-refractivity contribution in [2.24, 2.45) is 0 Å². The number of hydrogen-bond donors (Lipinski definition) is 1. The van der Waals surface area contributed by atoms with Crippen LogP contribution < -0.4 is 5.32 Å². The summed E-state index contributed by atoms with van der Waals surface area (Å²) < 4.78 is 0. The van der Waals surface area contributed by atoms with Crippen LogP contribution in [0.3, 0.4) is 0 Å². The smallest absolute Gasteiger partial charge is 0.210 e. The highest BCUT2D eigenvalue weighted by molar-refractivity contribution is 6.25. The quantitative estimate of drug-likeness (QED) is 0.667. The minimum Gasteiger partial charge on any atom is -0.351 e. The van der Waals surface area contributed by atoms with Crippen molar-refractivity contribution in [1.29, 1.82) is 0 Å². The Labute approximate surface area is 163 Å². The zero-order chi connectivity index (χ0) is 19.5. The highest BCUT2D eigenvalue weighted by Gasteiger charge is 2.25. The van der Waals surface area contributed by atoms with Crippen molar-refractivity contribution < 1.29 is 9.59 Å². The number of carbonyl (C=O) groups excluding carboxylic acids is 2. The van der Waals surface area contributed by atoms with Crippen molar-refractivity contribution in [1.82, 2.24) is 0 Å². The summed E-state index contributed by atoms with van der Waals surface area (Å²) in [6.07, 6.45) is 1.36. The highest BCUT2D eigenvalue weighted by Crippen LogP contribution is 2.24. The first-order valence-electron chi connectivity index (χ1n) is 8.96. The highest BCUT2D eigenvalue weighted by atomic mass is 16.1. The average molecular weight is 363 g/mol. The molecule has 0 amide bonds. The molecule has 1 N–H and O–H groups in total. The Bertz CT molecular complexity index is 1170. The van der Waals surface area contributed by atoms with Gasteiger partial charge in [0.2, 0.25) is 5.78 Å². The van der Waals surface area contributed by atoms with E-state index in [1.165, 1.54) is 11.6 Å². The first kappa shape index (κ1) is 17.5. The average Bonchev–Trinajstić information content (AvgIpc) is 2.72. The summed E-state index contributed by atoms with van der Waals surface area (Å²) in [5, 5.41) is 3.10. The Morgan fingerprint density at radius 3 is 2.21 bits per heavy atom. The van der Waals surface area contributed by atoms with Crippen molar-refractivity contribution >= 4 is 17.3 Å². The number of nitrogens with one attached hydrogen (secondary N) is 1. The molecule has 0 aromatic heterocycles. The fraction of sp³-hybridized carbons (Fsp3) is 0.0400. The van der Waals surface area contributed by atoms with E-state index in [4.69, 9.17) is 0 Å². The van der Waals surface area contributed by atoms with Gasteiger partial charge in [-0.3, -0.25) is 9.59 Å². The predicted molar refractivity (Wildman–Crippen MR) is 110 cm³/mol. The van der Waals surface area contributed by atoms with E-state index < -0.39 is 0 Å². The van der Waals surface area contributed by atoms with Gasteiger partial charge in [0.1, 0.15) is 0 Å². The molecule has 3 aromatic rings. The van der Waals surface area contributed by atoms with Crippen LogP contribution in [-0.4, -0.2) is 11.6 Å². The predicted octanol–water partition coefficient (Wildman–Crippen LogP) is 4.77. The van der Waals surface area contributed by atoms with Crippen LogP contribution in [0.5, 0.6) is 0 Å². The first-order chi connectivity index (χ1) is 13.6. The summed E-state index contributed by atoms with van der Waals surface area (Å²) in [6, 6.07) is 22.3. The summed E-state index contributed by atoms with van der Waals surface area (Å²) in [5.74, 6) is 5.91. The van der Waals surface area contributed by atoms with Crippen LogP contribution in [0, 0.1) is 18.8 Å². The van der Waals surface area contributed by atoms with Gasteiger partial charge >= 0.3 is 0 Å². The van der Waals surface area contributed by atoms with E-state index >= 15 is 0 Å². The van der Waals surface area contributed by atoms with Gasteiger partial charge in [-0.1, -0.05) is 65.9 Å². The Morgan fingerprint density at radius 1 is 0.750 bits per heavy atom. The molecule has 134 valence electrons. The molecule has 0 spiro atoms. The molecule has 0 heterocycles. The normalized spacial score (nSPS) is 12.5. The summed E-state index contributed by atoms with van der Waals surface area (Å²) in [6.45, 7) is 2.03. The number of anilines is 1. The number of aryl methyl sites for hydroxylation is 1. The molecule has 0 bridgehead atoms. The molecule has 1 aliphatic carbocycles. The van der Waals surface area contributed by atoms with E-state index in [0.29, 0.717) is 16.8 Å². The number of fused-ring (bicyclic) bond motifs is 1. The monoisotopic (exact) mass is 363 g/mol. The molecule has 0 fully saturated rings. The molecule has 3 nitrogen and oxygen atoms in total. The van der Waals surface area contributed by atoms with Gasteiger partial charge in [-0.15, -0.1) is 0 Å². The standard InChI is InChI=1S/C25H17NO2/c1-17-10-12-18(13-11-17)14-15-19-6-2-5-9-22(19)26-23-16-24(27)20-7-3-4-8-21(20)25(23)28/h2-13,16,26H,1H3. The van der Waals surface area contributed by atoms with Crippen LogP contribution >= 0.6 is 0 Å². The topological polar surface area (TPSA) is 46.2 Å². The Morgan fingerprint density at radius 2 is 1.43 bits per heavy atom. The molecule has 0 aliphatic heterocycles. The van der Waals surface area contributed by atoms with Crippen molar-refractivity contribution in [2.75, 3.05) is 5.32 Å². The molecule has 0 saturated heterocycles. The lowest BCUT2D eigenvalue weighted by Crippen LogP contribution is -2.21. The van der Waals surface area contributed by atoms with E-state index in [1.54, 1.807) is 24.3 Å². The van der Waals surface area contributed by atoms with E-state index in [-0.39, 0.29) is 17.3 Å². The summed E-state index contributed by atoms with van der Waals surface area (Å²) in [4.78, 5) is 25.1. The maximum atomic E-state index is 12.8. The van der Waals surface area contributed by atoms with E-state index in [1.807, 2.05) is 55.5 Å². The molecule has 0 saturated carbocycles. The van der Waals surface area contributed by atoms with Crippen molar-refractivity contribution in [3.63, 3.8) is 0 Å². The fourth-order valence-electron chi connectivity index (χ4n) is 3.03. The second kappa shape index (κ2) is 7.38. The Balaban J connectivity index is 1.64. The lowest BCUT2D eigenvalue weighted by Gasteiger charge is -2.17. The minimum absolute atomic E-state index is 0.180. The van der Waals surface area contributed by atoms with Crippen LogP contribution in [0.15, 0.2) is 84.6 Å². The Hall–Kier alpha value is -3.90. The lowest BCUT2D eigenvalue weighted by atomic mass is 9.92. The van der Waals surface area contributed by atoms with Crippen LogP contribution in [0.2, 0.25) is 0 Å². The first-order valence-corrected chi connectivity index (χ1v) is 8.96. The molecule has 1 aliphatic rings. The van der Waals surface area contributed by atoms with E-state index in [0.717, 1.165) is 11.1 Å². The van der Waals surface area contributed by atoms with Crippen molar-refractivity contribution in [3.05, 3.63) is 112 Å². The van der Waals surface area contributed by atoms with E-state index in [2.05, 4.69) is 17.2 Å². The van der Waals surface area contributed by atoms with Crippen LogP contribution in [0.25, 0.3) is 0 Å². The number of ketones is 2. The lowest BCUT2D eigenvalue weighted by molar-refractivity contribution is 0.0985. The van der Waals surface area contributed by atoms with Crippen molar-refractivity contribution in [3.8, 4) is 11.8 Å². The second-order valence-electron chi connectivity index (χ2n) is 6.58. The maximum absolute atomic E-state index is 12.8. The third kappa shape index (κ3) is 3.49. The van der Waals surface area contributed by atoms with Crippen LogP contribution in [0.1, 0.15) is 37.4 Å². The second-order valence-corrected chi connectivity index (χ2v) is 6.58. The number of para-hydroxylation sites is 1. The van der Waals surface area contributed by atoms with Gasteiger partial charge in [0.15, 0.2) is 5.78 Å². The van der Waals surface area contributed by atoms with Gasteiger partial charge < -0.3 is 5.32 Å². The SMILES string of the molecule is Cc1ccc(C#Cc2ccccc2NC2=CC(=O)c3ccccc3C2=O)cc1. The Kier molecular flexibility index (Phi) is 4.62. The van der Waals surface area contributed by atoms with Gasteiger partial charge in [-0.25, -0.2) is 0 Å². The summed E-state index contributed by atoms with van der Waals surface area (Å²) in [7, 11) is 0. The summed E-state index contributed by atoms with van der Waals surface area (Å²) >= 11 is 0. The third-order valence-corrected chi connectivity index (χ3v) is 4.55. The molecule has 3 aromatic carbocycles. The molecule has 0 unspecified atom stereocenters. The number of benzene rings is 3. The molecule has 28 heavy (non-hydrogen) atoms. The molecule has 4 rings (SSSR count). The molecule has 3 heteroatoms. The molecule has 0 atom stereocenters. The number of rotatable bonds is 2. The van der Waals surface area contributed by atoms with Gasteiger partial charge in [0.25, 0.3) is 0 Å². The summed E-state index contributed by atoms with van der Waals surface area (Å²) in [5.41, 5.74) is 4.65. The number of carbonyl (C=O) groups is 2. The number of Topliss-reactive ketones (excluding diaryl/α,β-unsaturated/α-hetero) is 1. The minimum atomic E-state index is -0.198. The number of hydrogen-bond acceptors (Lipinski definition) is 3.